The third-order valence-corrected chi connectivity index (χ3v) is 3.43. The van der Waals surface area contributed by atoms with Crippen molar-refractivity contribution in [1.29, 1.82) is 0 Å². The number of non-ortho nitro benzene ring substituents is 1. The molecule has 0 bridgehead atoms. The van der Waals surface area contributed by atoms with Crippen molar-refractivity contribution in [3.05, 3.63) is 75.3 Å². The quantitative estimate of drug-likeness (QED) is 0.358. The van der Waals surface area contributed by atoms with Crippen molar-refractivity contribution in [3.63, 3.8) is 0 Å². The lowest BCUT2D eigenvalue weighted by Crippen LogP contribution is -2.12. The topological polar surface area (TPSA) is 81.8 Å². The standard InChI is InChI=1S/C18H18N2O4/c1-12(2)17(14-6-4-13(3)5-7-14)19-24-18(21)15-8-10-16(11-9-15)20(22)23/h4-12H,1-3H3. The van der Waals surface area contributed by atoms with E-state index in [4.69, 9.17) is 4.84 Å². The third kappa shape index (κ3) is 4.25. The van der Waals surface area contributed by atoms with E-state index in [-0.39, 0.29) is 17.2 Å². The second-order valence-electron chi connectivity index (χ2n) is 5.68. The van der Waals surface area contributed by atoms with Gasteiger partial charge in [0.05, 0.1) is 16.2 Å². The molecule has 0 N–H and O–H groups in total. The molecule has 0 radical (unpaired) electrons. The minimum absolute atomic E-state index is 0.0670. The van der Waals surface area contributed by atoms with Crippen molar-refractivity contribution in [2.24, 2.45) is 11.1 Å². The maximum atomic E-state index is 12.0. The van der Waals surface area contributed by atoms with Crippen molar-refractivity contribution in [3.8, 4) is 0 Å². The van der Waals surface area contributed by atoms with Crippen molar-refractivity contribution in [2.75, 3.05) is 0 Å². The summed E-state index contributed by atoms with van der Waals surface area (Å²) >= 11 is 0. The largest absolute Gasteiger partial charge is 0.365 e. The van der Waals surface area contributed by atoms with E-state index in [0.717, 1.165) is 11.1 Å². The SMILES string of the molecule is Cc1ccc(C(=NOC(=O)c2ccc([N+](=O)[O-])cc2)C(C)C)cc1. The molecule has 0 aliphatic carbocycles. The first kappa shape index (κ1) is 17.3. The lowest BCUT2D eigenvalue weighted by atomic mass is 9.99. The maximum absolute atomic E-state index is 12.0. The van der Waals surface area contributed by atoms with Crippen molar-refractivity contribution in [2.45, 2.75) is 20.8 Å². The van der Waals surface area contributed by atoms with E-state index >= 15 is 0 Å². The van der Waals surface area contributed by atoms with Gasteiger partial charge in [-0.05, 0) is 30.5 Å². The number of rotatable bonds is 5. The molecule has 0 aliphatic heterocycles. The first-order valence-corrected chi connectivity index (χ1v) is 7.49. The second kappa shape index (κ2) is 7.50. The zero-order chi connectivity index (χ0) is 17.7. The highest BCUT2D eigenvalue weighted by molar-refractivity contribution is 6.02. The number of nitro benzene ring substituents is 1. The lowest BCUT2D eigenvalue weighted by molar-refractivity contribution is -0.384. The summed E-state index contributed by atoms with van der Waals surface area (Å²) in [6.07, 6.45) is 0. The maximum Gasteiger partial charge on any atom is 0.365 e. The minimum Gasteiger partial charge on any atom is -0.313 e. The molecular formula is C18H18N2O4. The van der Waals surface area contributed by atoms with Gasteiger partial charge in [0.2, 0.25) is 0 Å². The Hall–Kier alpha value is -3.02. The molecule has 0 saturated heterocycles. The van der Waals surface area contributed by atoms with Crippen LogP contribution in [-0.2, 0) is 4.84 Å². The fourth-order valence-electron chi connectivity index (χ4n) is 2.08. The lowest BCUT2D eigenvalue weighted by Gasteiger charge is -2.10. The first-order valence-electron chi connectivity index (χ1n) is 7.49. The fourth-order valence-corrected chi connectivity index (χ4v) is 2.08. The molecule has 6 heteroatoms. The normalized spacial score (nSPS) is 11.4. The highest BCUT2D eigenvalue weighted by Crippen LogP contribution is 2.15. The number of oxime groups is 1. The van der Waals surface area contributed by atoms with E-state index in [0.29, 0.717) is 5.71 Å². The molecular weight excluding hydrogens is 308 g/mol. The average molecular weight is 326 g/mol. The Kier molecular flexibility index (Phi) is 5.42. The van der Waals surface area contributed by atoms with Crippen LogP contribution in [0.1, 0.15) is 35.3 Å². The molecule has 0 aromatic heterocycles. The van der Waals surface area contributed by atoms with Gasteiger partial charge < -0.3 is 4.84 Å². The van der Waals surface area contributed by atoms with Crippen LogP contribution in [-0.4, -0.2) is 16.6 Å². The van der Waals surface area contributed by atoms with Crippen LogP contribution < -0.4 is 0 Å². The molecule has 0 unspecified atom stereocenters. The summed E-state index contributed by atoms with van der Waals surface area (Å²) in [5.74, 6) is -0.590. The van der Waals surface area contributed by atoms with Crippen molar-refractivity contribution in [1.82, 2.24) is 0 Å². The fraction of sp³-hybridized carbons (Fsp3) is 0.222. The van der Waals surface area contributed by atoms with Gasteiger partial charge in [-0.3, -0.25) is 10.1 Å². The number of benzene rings is 2. The summed E-state index contributed by atoms with van der Waals surface area (Å²) in [4.78, 5) is 27.1. The predicted molar refractivity (Wildman–Crippen MR) is 91.1 cm³/mol. The van der Waals surface area contributed by atoms with Crippen molar-refractivity contribution >= 4 is 17.4 Å². The van der Waals surface area contributed by atoms with Crippen LogP contribution >= 0.6 is 0 Å². The third-order valence-electron chi connectivity index (χ3n) is 3.43. The molecule has 0 fully saturated rings. The van der Waals surface area contributed by atoms with E-state index in [1.807, 2.05) is 45.0 Å². The highest BCUT2D eigenvalue weighted by atomic mass is 16.7. The van der Waals surface area contributed by atoms with Gasteiger partial charge in [0, 0.05) is 12.1 Å². The molecule has 0 amide bonds. The van der Waals surface area contributed by atoms with Crippen LogP contribution in [0.25, 0.3) is 0 Å². The molecule has 0 atom stereocenters. The van der Waals surface area contributed by atoms with Crippen molar-refractivity contribution < 1.29 is 14.6 Å². The predicted octanol–water partition coefficient (Wildman–Crippen LogP) is 4.12. The molecule has 2 aromatic carbocycles. The molecule has 6 nitrogen and oxygen atoms in total. The first-order chi connectivity index (χ1) is 11.4. The Morgan fingerprint density at radius 1 is 1.04 bits per heavy atom. The summed E-state index contributed by atoms with van der Waals surface area (Å²) in [5, 5.41) is 14.6. The van der Waals surface area contributed by atoms with Gasteiger partial charge >= 0.3 is 5.97 Å². The van der Waals surface area contributed by atoms with Crippen LogP contribution in [0.2, 0.25) is 0 Å². The number of hydrogen-bond acceptors (Lipinski definition) is 5. The van der Waals surface area contributed by atoms with E-state index in [9.17, 15) is 14.9 Å². The van der Waals surface area contributed by atoms with E-state index < -0.39 is 10.9 Å². The van der Waals surface area contributed by atoms with Gasteiger partial charge in [0.1, 0.15) is 0 Å². The van der Waals surface area contributed by atoms with Gasteiger partial charge in [-0.1, -0.05) is 48.8 Å². The number of carbonyl (C=O) groups is 1. The van der Waals surface area contributed by atoms with Gasteiger partial charge in [0.15, 0.2) is 0 Å². The van der Waals surface area contributed by atoms with E-state index in [1.165, 1.54) is 24.3 Å². The number of aryl methyl sites for hydroxylation is 1. The smallest absolute Gasteiger partial charge is 0.313 e. The van der Waals surface area contributed by atoms with Crippen LogP contribution in [0.5, 0.6) is 0 Å². The minimum atomic E-state index is -0.657. The molecule has 24 heavy (non-hydrogen) atoms. The summed E-state index contributed by atoms with van der Waals surface area (Å²) in [5.41, 5.74) is 2.79. The summed E-state index contributed by atoms with van der Waals surface area (Å²) in [7, 11) is 0. The second-order valence-corrected chi connectivity index (χ2v) is 5.68. The number of carbonyl (C=O) groups excluding carboxylic acids is 1. The van der Waals surface area contributed by atoms with Crippen LogP contribution in [0, 0.1) is 23.0 Å². The van der Waals surface area contributed by atoms with E-state index in [2.05, 4.69) is 5.16 Å². The van der Waals surface area contributed by atoms with Gasteiger partial charge in [-0.2, -0.15) is 0 Å². The molecule has 0 saturated carbocycles. The van der Waals surface area contributed by atoms with Crippen LogP contribution in [0.15, 0.2) is 53.7 Å². The van der Waals surface area contributed by atoms with Gasteiger partial charge in [-0.15, -0.1) is 0 Å². The summed E-state index contributed by atoms with van der Waals surface area (Å²) < 4.78 is 0. The van der Waals surface area contributed by atoms with Gasteiger partial charge in [0.25, 0.3) is 5.69 Å². The number of hydrogen-bond donors (Lipinski definition) is 0. The Bertz CT molecular complexity index is 763. The van der Waals surface area contributed by atoms with Gasteiger partial charge in [-0.25, -0.2) is 4.79 Å². The Morgan fingerprint density at radius 2 is 1.58 bits per heavy atom. The Balaban J connectivity index is 2.17. The average Bonchev–Trinajstić information content (AvgIpc) is 2.56. The summed E-state index contributed by atoms with van der Waals surface area (Å²) in [6.45, 7) is 5.90. The zero-order valence-corrected chi connectivity index (χ0v) is 13.7. The molecule has 0 aliphatic rings. The van der Waals surface area contributed by atoms with E-state index in [1.54, 1.807) is 0 Å². The molecule has 2 rings (SSSR count). The highest BCUT2D eigenvalue weighted by Gasteiger charge is 2.13. The molecule has 0 heterocycles. The van der Waals surface area contributed by atoms with Crippen LogP contribution in [0.3, 0.4) is 0 Å². The number of nitro groups is 1. The van der Waals surface area contributed by atoms with Crippen LogP contribution in [0.4, 0.5) is 5.69 Å². The zero-order valence-electron chi connectivity index (χ0n) is 13.7. The summed E-state index contributed by atoms with van der Waals surface area (Å²) in [6, 6.07) is 13.0. The molecule has 2 aromatic rings. The molecule has 0 spiro atoms. The monoisotopic (exact) mass is 326 g/mol. The number of nitrogens with zero attached hydrogens (tertiary/aromatic N) is 2. The Morgan fingerprint density at radius 3 is 2.08 bits per heavy atom. The Labute approximate surface area is 139 Å². The molecule has 124 valence electrons.